The molecule has 0 saturated heterocycles. The number of hydrogen-bond donors (Lipinski definition) is 0. The fourth-order valence-corrected chi connectivity index (χ4v) is 3.85. The summed E-state index contributed by atoms with van der Waals surface area (Å²) >= 11 is 0. The summed E-state index contributed by atoms with van der Waals surface area (Å²) in [6.45, 7) is 9.94. The Balaban J connectivity index is 1.72. The zero-order valence-corrected chi connectivity index (χ0v) is 17.9. The number of nitrogens with zero attached hydrogens (tertiary/aromatic N) is 2. The van der Waals surface area contributed by atoms with Gasteiger partial charge in [-0.05, 0) is 36.8 Å². The lowest BCUT2D eigenvalue weighted by molar-refractivity contribution is 0.669. The summed E-state index contributed by atoms with van der Waals surface area (Å²) in [6.07, 6.45) is 3.79. The second-order valence-electron chi connectivity index (χ2n) is 7.79. The number of para-hydroxylation sites is 1. The van der Waals surface area contributed by atoms with Crippen molar-refractivity contribution in [3.63, 3.8) is 0 Å². The van der Waals surface area contributed by atoms with Crippen molar-refractivity contribution in [1.29, 1.82) is 0 Å². The number of allylic oxidation sites excluding steroid dienone is 4. The number of fused-ring (bicyclic) bond motifs is 3. The molecule has 0 spiro atoms. The van der Waals surface area contributed by atoms with Crippen LogP contribution in [-0.4, -0.2) is 9.97 Å². The Morgan fingerprint density at radius 3 is 2.34 bits per heavy atom. The molecule has 0 aliphatic rings. The fourth-order valence-electron chi connectivity index (χ4n) is 3.85. The van der Waals surface area contributed by atoms with Crippen LogP contribution in [0.25, 0.3) is 50.2 Å². The van der Waals surface area contributed by atoms with E-state index in [1.165, 1.54) is 0 Å². The van der Waals surface area contributed by atoms with Gasteiger partial charge in [0.05, 0.1) is 11.4 Å². The highest BCUT2D eigenvalue weighted by atomic mass is 16.3. The summed E-state index contributed by atoms with van der Waals surface area (Å²) < 4.78 is 6.10. The second kappa shape index (κ2) is 8.12. The fraction of sp³-hybridized carbons (Fsp3) is 0.0345. The Bertz CT molecular complexity index is 1510. The summed E-state index contributed by atoms with van der Waals surface area (Å²) in [5.41, 5.74) is 7.11. The number of hydrogen-bond acceptors (Lipinski definition) is 3. The molecule has 32 heavy (non-hydrogen) atoms. The zero-order chi connectivity index (χ0) is 22.1. The van der Waals surface area contributed by atoms with Gasteiger partial charge in [-0.2, -0.15) is 0 Å². The molecule has 2 heterocycles. The van der Waals surface area contributed by atoms with Gasteiger partial charge in [-0.3, -0.25) is 0 Å². The average Bonchev–Trinajstić information content (AvgIpc) is 3.20. The maximum absolute atomic E-state index is 6.10. The quantitative estimate of drug-likeness (QED) is 0.275. The minimum absolute atomic E-state index is 0.664. The van der Waals surface area contributed by atoms with Crippen molar-refractivity contribution in [1.82, 2.24) is 9.97 Å². The first-order valence-electron chi connectivity index (χ1n) is 10.5. The maximum atomic E-state index is 6.10. The molecule has 5 rings (SSSR count). The van der Waals surface area contributed by atoms with Gasteiger partial charge in [0.25, 0.3) is 0 Å². The van der Waals surface area contributed by atoms with E-state index in [-0.39, 0.29) is 0 Å². The molecular weight excluding hydrogens is 392 g/mol. The predicted octanol–water partition coefficient (Wildman–Crippen LogP) is 7.86. The molecule has 3 nitrogen and oxygen atoms in total. The lowest BCUT2D eigenvalue weighted by atomic mass is 10.0. The van der Waals surface area contributed by atoms with E-state index >= 15 is 0 Å². The van der Waals surface area contributed by atoms with Gasteiger partial charge in [0, 0.05) is 21.9 Å². The monoisotopic (exact) mass is 414 g/mol. The molecule has 0 radical (unpaired) electrons. The van der Waals surface area contributed by atoms with E-state index in [1.807, 2.05) is 73.7 Å². The minimum atomic E-state index is 0.664. The topological polar surface area (TPSA) is 38.9 Å². The standard InChI is InChI=1S/C29H22N2O/c1-4-20(16-19(2)3)25-18-26(31-29(30-25)21-10-6-5-7-11-21)22-14-15-24-23-12-8-9-13-27(23)32-28(24)17-22/h4-18H,1-2H2,3H3/b20-16+. The zero-order valence-electron chi connectivity index (χ0n) is 17.9. The van der Waals surface area contributed by atoms with Gasteiger partial charge >= 0.3 is 0 Å². The van der Waals surface area contributed by atoms with Gasteiger partial charge in [-0.15, -0.1) is 0 Å². The highest BCUT2D eigenvalue weighted by Crippen LogP contribution is 2.33. The maximum Gasteiger partial charge on any atom is 0.160 e. The van der Waals surface area contributed by atoms with Crippen LogP contribution >= 0.6 is 0 Å². The van der Waals surface area contributed by atoms with Gasteiger partial charge in [-0.25, -0.2) is 9.97 Å². The van der Waals surface area contributed by atoms with Crippen LogP contribution in [0.5, 0.6) is 0 Å². The van der Waals surface area contributed by atoms with Crippen LogP contribution < -0.4 is 0 Å². The third-order valence-electron chi connectivity index (χ3n) is 5.35. The second-order valence-corrected chi connectivity index (χ2v) is 7.79. The van der Waals surface area contributed by atoms with E-state index < -0.39 is 0 Å². The van der Waals surface area contributed by atoms with Crippen LogP contribution in [0.2, 0.25) is 0 Å². The van der Waals surface area contributed by atoms with E-state index in [0.717, 1.165) is 55.6 Å². The molecule has 0 saturated carbocycles. The number of benzene rings is 3. The SMILES string of the molecule is C=C/C(=C\C(=C)C)c1cc(-c2ccc3c(c2)oc2ccccc23)nc(-c2ccccc2)n1. The third-order valence-corrected chi connectivity index (χ3v) is 5.35. The molecule has 0 N–H and O–H groups in total. The third kappa shape index (κ3) is 3.65. The summed E-state index contributed by atoms with van der Waals surface area (Å²) in [7, 11) is 0. The van der Waals surface area contributed by atoms with E-state index in [0.29, 0.717) is 5.82 Å². The Labute approximate surface area is 187 Å². The van der Waals surface area contributed by atoms with Crippen molar-refractivity contribution in [3.8, 4) is 22.6 Å². The molecule has 0 aliphatic heterocycles. The highest BCUT2D eigenvalue weighted by molar-refractivity contribution is 6.05. The molecule has 0 amide bonds. The molecule has 0 bridgehead atoms. The van der Waals surface area contributed by atoms with Crippen LogP contribution in [0, 0.1) is 0 Å². The number of furan rings is 1. The summed E-state index contributed by atoms with van der Waals surface area (Å²) in [5.74, 6) is 0.664. The van der Waals surface area contributed by atoms with E-state index in [4.69, 9.17) is 14.4 Å². The van der Waals surface area contributed by atoms with Crippen molar-refractivity contribution in [2.24, 2.45) is 0 Å². The molecule has 5 aromatic rings. The first-order valence-corrected chi connectivity index (χ1v) is 10.5. The smallest absolute Gasteiger partial charge is 0.160 e. The van der Waals surface area contributed by atoms with Gasteiger partial charge in [0.1, 0.15) is 11.2 Å². The van der Waals surface area contributed by atoms with E-state index in [1.54, 1.807) is 6.08 Å². The molecular formula is C29H22N2O. The minimum Gasteiger partial charge on any atom is -0.456 e. The Morgan fingerprint density at radius 1 is 0.812 bits per heavy atom. The van der Waals surface area contributed by atoms with Crippen LogP contribution in [0.1, 0.15) is 12.6 Å². The summed E-state index contributed by atoms with van der Waals surface area (Å²) in [5, 5.41) is 2.21. The molecule has 0 unspecified atom stereocenters. The molecule has 3 aromatic carbocycles. The number of aromatic nitrogens is 2. The first-order chi connectivity index (χ1) is 15.6. The van der Waals surface area contributed by atoms with Crippen molar-refractivity contribution in [2.75, 3.05) is 0 Å². The van der Waals surface area contributed by atoms with Crippen LogP contribution in [-0.2, 0) is 0 Å². The Hall–Kier alpha value is -4.24. The summed E-state index contributed by atoms with van der Waals surface area (Å²) in [4.78, 5) is 9.73. The number of rotatable bonds is 5. The molecule has 0 fully saturated rings. The highest BCUT2D eigenvalue weighted by Gasteiger charge is 2.13. The summed E-state index contributed by atoms with van der Waals surface area (Å²) in [6, 6.07) is 26.3. The van der Waals surface area contributed by atoms with Crippen molar-refractivity contribution >= 4 is 27.5 Å². The lowest BCUT2D eigenvalue weighted by Crippen LogP contribution is -1.98. The molecule has 0 atom stereocenters. The van der Waals surface area contributed by atoms with Crippen LogP contribution in [0.15, 0.2) is 114 Å². The molecule has 0 aliphatic carbocycles. The molecule has 3 heteroatoms. The van der Waals surface area contributed by atoms with Crippen LogP contribution in [0.3, 0.4) is 0 Å². The molecule has 2 aromatic heterocycles. The first kappa shape index (κ1) is 19.7. The van der Waals surface area contributed by atoms with E-state index in [2.05, 4.69) is 31.4 Å². The van der Waals surface area contributed by atoms with Crippen molar-refractivity contribution in [3.05, 3.63) is 115 Å². The largest absolute Gasteiger partial charge is 0.456 e. The van der Waals surface area contributed by atoms with Gasteiger partial charge < -0.3 is 4.42 Å². The van der Waals surface area contributed by atoms with Gasteiger partial charge in [-0.1, -0.05) is 85.5 Å². The van der Waals surface area contributed by atoms with Crippen molar-refractivity contribution < 1.29 is 4.42 Å². The normalized spacial score (nSPS) is 11.7. The Kier molecular flexibility index (Phi) is 5.00. The predicted molar refractivity (Wildman–Crippen MR) is 133 cm³/mol. The Morgan fingerprint density at radius 2 is 1.56 bits per heavy atom. The van der Waals surface area contributed by atoms with Gasteiger partial charge in [0.15, 0.2) is 5.82 Å². The average molecular weight is 415 g/mol. The molecule has 154 valence electrons. The van der Waals surface area contributed by atoms with E-state index in [9.17, 15) is 0 Å². The lowest BCUT2D eigenvalue weighted by Gasteiger charge is -2.10. The van der Waals surface area contributed by atoms with Crippen molar-refractivity contribution in [2.45, 2.75) is 6.92 Å². The van der Waals surface area contributed by atoms with Gasteiger partial charge in [0.2, 0.25) is 0 Å². The van der Waals surface area contributed by atoms with Crippen LogP contribution in [0.4, 0.5) is 0 Å².